The number of amides is 2. The van der Waals surface area contributed by atoms with Crippen molar-refractivity contribution in [1.29, 1.82) is 0 Å². The van der Waals surface area contributed by atoms with Gasteiger partial charge in [-0.1, -0.05) is 26.0 Å². The van der Waals surface area contributed by atoms with E-state index in [0.29, 0.717) is 17.5 Å². The van der Waals surface area contributed by atoms with E-state index in [-0.39, 0.29) is 11.8 Å². The summed E-state index contributed by atoms with van der Waals surface area (Å²) in [6.45, 7) is 5.55. The molecule has 7 heteroatoms. The fraction of sp³-hybridized carbons (Fsp3) is 0.467. The van der Waals surface area contributed by atoms with Crippen LogP contribution in [0.25, 0.3) is 11.0 Å². The minimum absolute atomic E-state index is 0.112. The lowest BCUT2D eigenvalue weighted by Crippen LogP contribution is -2.60. The average molecular weight is 303 g/mol. The standard InChI is InChI=1S/C15H21N5O2/c1-5-15(9(2)3,14(16)22)17-13(21)10-6-7-12-11(8-10)18-19-20(12)4/h6-9H,5H2,1-4H3,(H2,16,22)(H,17,21)/t15-/m1/s1. The van der Waals surface area contributed by atoms with E-state index in [2.05, 4.69) is 15.6 Å². The molecule has 0 saturated carbocycles. The van der Waals surface area contributed by atoms with Crippen molar-refractivity contribution in [3.8, 4) is 0 Å². The molecule has 3 N–H and O–H groups in total. The highest BCUT2D eigenvalue weighted by Crippen LogP contribution is 2.22. The molecule has 2 amide bonds. The second-order valence-corrected chi connectivity index (χ2v) is 5.71. The Morgan fingerprint density at radius 1 is 1.41 bits per heavy atom. The lowest BCUT2D eigenvalue weighted by atomic mass is 9.82. The summed E-state index contributed by atoms with van der Waals surface area (Å²) in [5, 5.41) is 10.7. The maximum Gasteiger partial charge on any atom is 0.252 e. The number of rotatable bonds is 5. The van der Waals surface area contributed by atoms with Gasteiger partial charge in [-0.05, 0) is 30.5 Å². The Hall–Kier alpha value is -2.44. The molecule has 0 aliphatic carbocycles. The zero-order valence-electron chi connectivity index (χ0n) is 13.3. The van der Waals surface area contributed by atoms with Gasteiger partial charge in [0.25, 0.3) is 5.91 Å². The molecule has 2 aromatic rings. The number of aryl methyl sites for hydroxylation is 1. The Balaban J connectivity index is 2.34. The molecule has 1 heterocycles. The van der Waals surface area contributed by atoms with Gasteiger partial charge in [-0.2, -0.15) is 0 Å². The first-order valence-corrected chi connectivity index (χ1v) is 7.23. The molecule has 0 unspecified atom stereocenters. The molecule has 0 saturated heterocycles. The number of nitrogens with two attached hydrogens (primary N) is 1. The molecular weight excluding hydrogens is 282 g/mol. The van der Waals surface area contributed by atoms with Crippen LogP contribution in [0.1, 0.15) is 37.6 Å². The van der Waals surface area contributed by atoms with E-state index in [0.717, 1.165) is 5.52 Å². The van der Waals surface area contributed by atoms with E-state index < -0.39 is 11.4 Å². The van der Waals surface area contributed by atoms with Crippen molar-refractivity contribution in [2.24, 2.45) is 18.7 Å². The molecule has 2 rings (SSSR count). The molecule has 0 fully saturated rings. The van der Waals surface area contributed by atoms with Crippen molar-refractivity contribution in [3.05, 3.63) is 23.8 Å². The highest BCUT2D eigenvalue weighted by molar-refractivity contribution is 6.00. The number of nitrogens with one attached hydrogen (secondary N) is 1. The van der Waals surface area contributed by atoms with Gasteiger partial charge in [-0.25, -0.2) is 4.68 Å². The van der Waals surface area contributed by atoms with E-state index in [1.165, 1.54) is 0 Å². The SMILES string of the molecule is CC[C@](NC(=O)c1ccc2c(c1)nnn2C)(C(N)=O)C(C)C. The van der Waals surface area contributed by atoms with E-state index in [1.54, 1.807) is 29.9 Å². The molecule has 0 aliphatic heterocycles. The number of hydrogen-bond donors (Lipinski definition) is 2. The number of carbonyl (C=O) groups is 2. The minimum Gasteiger partial charge on any atom is -0.368 e. The number of aromatic nitrogens is 3. The average Bonchev–Trinajstić information content (AvgIpc) is 2.84. The fourth-order valence-corrected chi connectivity index (χ4v) is 2.62. The third-order valence-electron chi connectivity index (χ3n) is 4.19. The van der Waals surface area contributed by atoms with Gasteiger partial charge in [-0.3, -0.25) is 9.59 Å². The molecule has 22 heavy (non-hydrogen) atoms. The van der Waals surface area contributed by atoms with Crippen molar-refractivity contribution >= 4 is 22.8 Å². The molecule has 7 nitrogen and oxygen atoms in total. The van der Waals surface area contributed by atoms with E-state index in [4.69, 9.17) is 5.73 Å². The number of primary amides is 1. The van der Waals surface area contributed by atoms with Crippen LogP contribution in [0, 0.1) is 5.92 Å². The summed E-state index contributed by atoms with van der Waals surface area (Å²) in [7, 11) is 1.78. The van der Waals surface area contributed by atoms with Crippen LogP contribution in [0.2, 0.25) is 0 Å². The molecule has 0 spiro atoms. The van der Waals surface area contributed by atoms with Gasteiger partial charge >= 0.3 is 0 Å². The van der Waals surface area contributed by atoms with Crippen LogP contribution in [0.5, 0.6) is 0 Å². The van der Waals surface area contributed by atoms with Crippen LogP contribution in [-0.2, 0) is 11.8 Å². The van der Waals surface area contributed by atoms with Crippen LogP contribution >= 0.6 is 0 Å². The van der Waals surface area contributed by atoms with Crippen LogP contribution < -0.4 is 11.1 Å². The summed E-state index contributed by atoms with van der Waals surface area (Å²) >= 11 is 0. The first-order valence-electron chi connectivity index (χ1n) is 7.23. The van der Waals surface area contributed by atoms with Gasteiger partial charge in [0, 0.05) is 12.6 Å². The lowest BCUT2D eigenvalue weighted by Gasteiger charge is -2.34. The van der Waals surface area contributed by atoms with E-state index >= 15 is 0 Å². The quantitative estimate of drug-likeness (QED) is 0.859. The predicted molar refractivity (Wildman–Crippen MR) is 83.0 cm³/mol. The molecule has 0 aliphatic rings. The number of carbonyl (C=O) groups excluding carboxylic acids is 2. The highest BCUT2D eigenvalue weighted by atomic mass is 16.2. The predicted octanol–water partition coefficient (Wildman–Crippen LogP) is 0.988. The first-order chi connectivity index (χ1) is 10.3. The van der Waals surface area contributed by atoms with Gasteiger partial charge in [-0.15, -0.1) is 5.10 Å². The maximum absolute atomic E-state index is 12.5. The Morgan fingerprint density at radius 3 is 2.64 bits per heavy atom. The van der Waals surface area contributed by atoms with Gasteiger partial charge in [0.15, 0.2) is 0 Å². The molecule has 1 aromatic carbocycles. The van der Waals surface area contributed by atoms with Crippen molar-refractivity contribution in [2.75, 3.05) is 0 Å². The van der Waals surface area contributed by atoms with Crippen molar-refractivity contribution in [2.45, 2.75) is 32.7 Å². The summed E-state index contributed by atoms with van der Waals surface area (Å²) in [4.78, 5) is 24.4. The van der Waals surface area contributed by atoms with E-state index in [1.807, 2.05) is 20.8 Å². The Kier molecular flexibility index (Phi) is 4.16. The molecule has 118 valence electrons. The highest BCUT2D eigenvalue weighted by Gasteiger charge is 2.39. The first kappa shape index (κ1) is 15.9. The van der Waals surface area contributed by atoms with Crippen LogP contribution in [0.3, 0.4) is 0 Å². The van der Waals surface area contributed by atoms with Gasteiger partial charge in [0.05, 0.1) is 5.52 Å². The Labute approximate surface area is 128 Å². The number of fused-ring (bicyclic) bond motifs is 1. The molecule has 1 aromatic heterocycles. The van der Waals surface area contributed by atoms with Crippen LogP contribution in [0.4, 0.5) is 0 Å². The summed E-state index contributed by atoms with van der Waals surface area (Å²) in [6, 6.07) is 5.11. The fourth-order valence-electron chi connectivity index (χ4n) is 2.62. The molecule has 0 bridgehead atoms. The number of hydrogen-bond acceptors (Lipinski definition) is 4. The van der Waals surface area contributed by atoms with Gasteiger partial charge in [0.2, 0.25) is 5.91 Å². The zero-order chi connectivity index (χ0) is 16.5. The monoisotopic (exact) mass is 303 g/mol. The maximum atomic E-state index is 12.5. The Morgan fingerprint density at radius 2 is 2.09 bits per heavy atom. The number of benzene rings is 1. The largest absolute Gasteiger partial charge is 0.368 e. The third kappa shape index (κ3) is 2.54. The van der Waals surface area contributed by atoms with Crippen molar-refractivity contribution < 1.29 is 9.59 Å². The normalized spacial score (nSPS) is 14.0. The second-order valence-electron chi connectivity index (χ2n) is 5.71. The van der Waals surface area contributed by atoms with Crippen molar-refractivity contribution in [1.82, 2.24) is 20.3 Å². The molecule has 1 atom stereocenters. The number of nitrogens with zero attached hydrogens (tertiary/aromatic N) is 3. The lowest BCUT2D eigenvalue weighted by molar-refractivity contribution is -0.126. The van der Waals surface area contributed by atoms with Crippen molar-refractivity contribution in [3.63, 3.8) is 0 Å². The minimum atomic E-state index is -1.06. The van der Waals surface area contributed by atoms with Crippen LogP contribution in [-0.4, -0.2) is 32.3 Å². The van der Waals surface area contributed by atoms with E-state index in [9.17, 15) is 9.59 Å². The zero-order valence-corrected chi connectivity index (χ0v) is 13.3. The summed E-state index contributed by atoms with van der Waals surface area (Å²) < 4.78 is 1.63. The second kappa shape index (κ2) is 5.75. The third-order valence-corrected chi connectivity index (χ3v) is 4.19. The smallest absolute Gasteiger partial charge is 0.252 e. The molecular formula is C15H21N5O2. The molecule has 0 radical (unpaired) electrons. The topological polar surface area (TPSA) is 103 Å². The summed E-state index contributed by atoms with van der Waals surface area (Å²) in [5.74, 6) is -0.986. The Bertz CT molecular complexity index is 722. The van der Waals surface area contributed by atoms with Crippen LogP contribution in [0.15, 0.2) is 18.2 Å². The summed E-state index contributed by atoms with van der Waals surface area (Å²) in [6.07, 6.45) is 0.430. The van der Waals surface area contributed by atoms with Gasteiger partial charge in [0.1, 0.15) is 11.1 Å². The van der Waals surface area contributed by atoms with Gasteiger partial charge < -0.3 is 11.1 Å². The summed E-state index contributed by atoms with van der Waals surface area (Å²) in [5.41, 5.74) is 6.34.